The molecule has 0 saturated carbocycles. The number of rotatable bonds is 5. The summed E-state index contributed by atoms with van der Waals surface area (Å²) < 4.78 is 49.2. The number of nitro groups is 1. The first-order valence-corrected chi connectivity index (χ1v) is 5.65. The summed E-state index contributed by atoms with van der Waals surface area (Å²) >= 11 is 1.66. The summed E-state index contributed by atoms with van der Waals surface area (Å²) in [6.07, 6.45) is -3.76. The van der Waals surface area contributed by atoms with Gasteiger partial charge in [-0.15, -0.1) is 0 Å². The van der Waals surface area contributed by atoms with Gasteiger partial charge in [0.1, 0.15) is 0 Å². The van der Waals surface area contributed by atoms with E-state index in [4.69, 9.17) is 0 Å². The van der Waals surface area contributed by atoms with Crippen LogP contribution in [0.3, 0.4) is 0 Å². The highest BCUT2D eigenvalue weighted by Crippen LogP contribution is 2.26. The minimum Gasteiger partial charge on any atom is -0.379 e. The third-order valence-corrected chi connectivity index (χ3v) is 2.86. The van der Waals surface area contributed by atoms with Crippen molar-refractivity contribution >= 4 is 34.0 Å². The van der Waals surface area contributed by atoms with E-state index in [1.807, 2.05) is 0 Å². The summed E-state index contributed by atoms with van der Waals surface area (Å²) in [5.41, 5.74) is -0.0629. The molecule has 100 valence electrons. The monoisotopic (exact) mass is 378 g/mol. The van der Waals surface area contributed by atoms with E-state index in [1.54, 1.807) is 22.6 Å². The van der Waals surface area contributed by atoms with Crippen molar-refractivity contribution in [3.8, 4) is 0 Å². The van der Waals surface area contributed by atoms with Gasteiger partial charge in [0.2, 0.25) is 0 Å². The van der Waals surface area contributed by atoms with Crippen molar-refractivity contribution in [3.05, 3.63) is 31.9 Å². The van der Waals surface area contributed by atoms with Crippen LogP contribution in [0.1, 0.15) is 0 Å². The minimum absolute atomic E-state index is 0.116. The lowest BCUT2D eigenvalue weighted by Gasteiger charge is -2.16. The molecule has 0 aromatic heterocycles. The Morgan fingerprint density at radius 2 is 2.06 bits per heavy atom. The Morgan fingerprint density at radius 3 is 2.50 bits per heavy atom. The lowest BCUT2D eigenvalue weighted by Crippen LogP contribution is -2.34. The van der Waals surface area contributed by atoms with Gasteiger partial charge in [-0.2, -0.15) is 8.78 Å². The van der Waals surface area contributed by atoms with Crippen molar-refractivity contribution in [3.63, 3.8) is 0 Å². The standard InChI is InChI=1S/C9H7F4IN2O2/c10-8(11)9(12,13)4-15-5-1-2-7(16(17)18)6(14)3-5/h1-3,8,15H,4H2. The van der Waals surface area contributed by atoms with E-state index >= 15 is 0 Å². The van der Waals surface area contributed by atoms with E-state index in [1.165, 1.54) is 12.1 Å². The fourth-order valence-electron chi connectivity index (χ4n) is 1.06. The van der Waals surface area contributed by atoms with Gasteiger partial charge in [-0.1, -0.05) is 0 Å². The molecular weight excluding hydrogens is 371 g/mol. The van der Waals surface area contributed by atoms with Gasteiger partial charge in [0.25, 0.3) is 5.69 Å². The summed E-state index contributed by atoms with van der Waals surface area (Å²) in [4.78, 5) is 9.87. The highest BCUT2D eigenvalue weighted by Gasteiger charge is 2.40. The van der Waals surface area contributed by atoms with Crippen LogP contribution in [0.15, 0.2) is 18.2 Å². The second-order valence-electron chi connectivity index (χ2n) is 3.34. The van der Waals surface area contributed by atoms with Crippen LogP contribution in [0.5, 0.6) is 0 Å². The molecule has 0 bridgehead atoms. The van der Waals surface area contributed by atoms with Gasteiger partial charge in [-0.05, 0) is 34.7 Å². The zero-order valence-corrected chi connectivity index (χ0v) is 10.8. The zero-order chi connectivity index (χ0) is 13.9. The van der Waals surface area contributed by atoms with Crippen LogP contribution in [0, 0.1) is 13.7 Å². The second-order valence-corrected chi connectivity index (χ2v) is 4.50. The molecule has 0 radical (unpaired) electrons. The van der Waals surface area contributed by atoms with Gasteiger partial charge >= 0.3 is 12.3 Å². The molecule has 0 fully saturated rings. The van der Waals surface area contributed by atoms with E-state index in [-0.39, 0.29) is 14.9 Å². The van der Waals surface area contributed by atoms with Gasteiger partial charge < -0.3 is 5.32 Å². The predicted octanol–water partition coefficient (Wildman–Crippen LogP) is 3.51. The molecular formula is C9H7F4IN2O2. The molecule has 0 aliphatic rings. The molecule has 0 spiro atoms. The highest BCUT2D eigenvalue weighted by molar-refractivity contribution is 14.1. The lowest BCUT2D eigenvalue weighted by atomic mass is 10.2. The number of halogens is 5. The van der Waals surface area contributed by atoms with Gasteiger partial charge in [0, 0.05) is 11.8 Å². The first-order valence-electron chi connectivity index (χ1n) is 4.58. The van der Waals surface area contributed by atoms with Gasteiger partial charge in [0.05, 0.1) is 15.0 Å². The maximum Gasteiger partial charge on any atom is 0.324 e. The molecule has 1 aromatic rings. The lowest BCUT2D eigenvalue weighted by molar-refractivity contribution is -0.385. The zero-order valence-electron chi connectivity index (χ0n) is 8.67. The molecule has 0 heterocycles. The number of nitro benzene ring substituents is 1. The topological polar surface area (TPSA) is 55.2 Å². The molecule has 1 aromatic carbocycles. The normalized spacial score (nSPS) is 11.7. The van der Waals surface area contributed by atoms with Crippen molar-refractivity contribution in [2.24, 2.45) is 0 Å². The van der Waals surface area contributed by atoms with Crippen molar-refractivity contribution in [1.29, 1.82) is 0 Å². The number of nitrogens with zero attached hydrogens (tertiary/aromatic N) is 1. The van der Waals surface area contributed by atoms with E-state index in [9.17, 15) is 27.7 Å². The number of nitrogens with one attached hydrogen (secondary N) is 1. The summed E-state index contributed by atoms with van der Waals surface area (Å²) in [5, 5.41) is 12.6. The summed E-state index contributed by atoms with van der Waals surface area (Å²) in [5.74, 6) is -4.15. The third kappa shape index (κ3) is 3.68. The van der Waals surface area contributed by atoms with Crippen LogP contribution in [0.25, 0.3) is 0 Å². The van der Waals surface area contributed by atoms with Crippen LogP contribution >= 0.6 is 22.6 Å². The Morgan fingerprint density at radius 1 is 1.44 bits per heavy atom. The second kappa shape index (κ2) is 5.67. The predicted molar refractivity (Wildman–Crippen MR) is 65.3 cm³/mol. The van der Waals surface area contributed by atoms with Gasteiger partial charge in [-0.3, -0.25) is 10.1 Å². The van der Waals surface area contributed by atoms with Crippen molar-refractivity contribution in [1.82, 2.24) is 0 Å². The Kier molecular flexibility index (Phi) is 4.71. The average Bonchev–Trinajstić information content (AvgIpc) is 2.25. The molecule has 0 amide bonds. The van der Waals surface area contributed by atoms with Crippen molar-refractivity contribution in [2.75, 3.05) is 11.9 Å². The maximum absolute atomic E-state index is 12.6. The highest BCUT2D eigenvalue weighted by atomic mass is 127. The SMILES string of the molecule is O=[N+]([O-])c1ccc(NCC(F)(F)C(F)F)cc1I. The van der Waals surface area contributed by atoms with E-state index < -0.39 is 23.8 Å². The van der Waals surface area contributed by atoms with Crippen LogP contribution in [0.4, 0.5) is 28.9 Å². The van der Waals surface area contributed by atoms with Crippen LogP contribution in [-0.4, -0.2) is 23.8 Å². The quantitative estimate of drug-likeness (QED) is 0.369. The Bertz CT molecular complexity index is 456. The van der Waals surface area contributed by atoms with E-state index in [2.05, 4.69) is 5.32 Å². The largest absolute Gasteiger partial charge is 0.379 e. The third-order valence-electron chi connectivity index (χ3n) is 1.99. The van der Waals surface area contributed by atoms with Gasteiger partial charge in [0.15, 0.2) is 0 Å². The van der Waals surface area contributed by atoms with Crippen molar-refractivity contribution in [2.45, 2.75) is 12.3 Å². The Labute approximate surface area is 113 Å². The summed E-state index contributed by atoms with van der Waals surface area (Å²) in [7, 11) is 0. The average molecular weight is 378 g/mol. The van der Waals surface area contributed by atoms with Crippen molar-refractivity contribution < 1.29 is 22.5 Å². The van der Waals surface area contributed by atoms with Crippen LogP contribution in [0.2, 0.25) is 0 Å². The fourth-order valence-corrected chi connectivity index (χ4v) is 1.77. The summed E-state index contributed by atoms with van der Waals surface area (Å²) in [6, 6.07) is 3.53. The first-order chi connectivity index (χ1) is 8.24. The molecule has 1 rings (SSSR count). The van der Waals surface area contributed by atoms with Crippen LogP contribution in [-0.2, 0) is 0 Å². The van der Waals surface area contributed by atoms with Gasteiger partial charge in [-0.25, -0.2) is 8.78 Å². The maximum atomic E-state index is 12.6. The minimum atomic E-state index is -4.15. The number of alkyl halides is 4. The van der Waals surface area contributed by atoms with E-state index in [0.717, 1.165) is 6.07 Å². The molecule has 1 N–H and O–H groups in total. The summed E-state index contributed by atoms with van der Waals surface area (Å²) in [6.45, 7) is -1.24. The molecule has 9 heteroatoms. The first kappa shape index (κ1) is 14.9. The molecule has 0 atom stereocenters. The molecule has 0 aliphatic carbocycles. The molecule has 0 aliphatic heterocycles. The molecule has 0 saturated heterocycles. The molecule has 18 heavy (non-hydrogen) atoms. The smallest absolute Gasteiger partial charge is 0.324 e. The Balaban J connectivity index is 2.76. The number of benzene rings is 1. The fraction of sp³-hybridized carbons (Fsp3) is 0.333. The van der Waals surface area contributed by atoms with Crippen LogP contribution < -0.4 is 5.32 Å². The molecule has 4 nitrogen and oxygen atoms in total. The molecule has 0 unspecified atom stereocenters. The number of hydrogen-bond donors (Lipinski definition) is 1. The Hall–Kier alpha value is -1.13. The van der Waals surface area contributed by atoms with E-state index in [0.29, 0.717) is 0 Å². The number of hydrogen-bond acceptors (Lipinski definition) is 3. The number of anilines is 1.